The standard InChI is InChI=1S/C11H17NO7S/c1-6(5-20)11(19)12(4-10(17)18)7(2-8(13)14)3-9(15)16/h6-7,20H,2-5H2,1H3,(H,13,14)(H,15,16)(H,17,18). The first-order valence-electron chi connectivity index (χ1n) is 5.75. The fourth-order valence-corrected chi connectivity index (χ4v) is 1.75. The Hall–Kier alpha value is -1.77. The summed E-state index contributed by atoms with van der Waals surface area (Å²) < 4.78 is 0. The van der Waals surface area contributed by atoms with E-state index in [1.165, 1.54) is 6.92 Å². The first kappa shape index (κ1) is 18.2. The first-order chi connectivity index (χ1) is 9.18. The maximum Gasteiger partial charge on any atom is 0.323 e. The van der Waals surface area contributed by atoms with Crippen LogP contribution in [0.1, 0.15) is 19.8 Å². The van der Waals surface area contributed by atoms with Gasteiger partial charge in [0.15, 0.2) is 0 Å². The summed E-state index contributed by atoms with van der Waals surface area (Å²) in [6, 6.07) is -1.21. The lowest BCUT2D eigenvalue weighted by molar-refractivity contribution is -0.152. The molecule has 0 rings (SSSR count). The van der Waals surface area contributed by atoms with Crippen LogP contribution in [-0.4, -0.2) is 62.4 Å². The van der Waals surface area contributed by atoms with Gasteiger partial charge < -0.3 is 20.2 Å². The number of carbonyl (C=O) groups is 4. The van der Waals surface area contributed by atoms with Crippen LogP contribution in [0.15, 0.2) is 0 Å². The third-order valence-electron chi connectivity index (χ3n) is 2.55. The minimum Gasteiger partial charge on any atom is -0.481 e. The summed E-state index contributed by atoms with van der Waals surface area (Å²) in [6.07, 6.45) is -1.27. The van der Waals surface area contributed by atoms with E-state index >= 15 is 0 Å². The SMILES string of the molecule is CC(CS)C(=O)N(CC(=O)O)C(CC(=O)O)CC(=O)O. The van der Waals surface area contributed by atoms with Crippen LogP contribution in [0.2, 0.25) is 0 Å². The molecule has 8 nitrogen and oxygen atoms in total. The molecule has 0 heterocycles. The molecule has 0 aromatic rings. The van der Waals surface area contributed by atoms with Crippen molar-refractivity contribution in [3.8, 4) is 0 Å². The van der Waals surface area contributed by atoms with E-state index in [2.05, 4.69) is 12.6 Å². The summed E-state index contributed by atoms with van der Waals surface area (Å²) >= 11 is 3.92. The fourth-order valence-electron chi connectivity index (χ4n) is 1.59. The van der Waals surface area contributed by atoms with E-state index < -0.39 is 55.2 Å². The highest BCUT2D eigenvalue weighted by Crippen LogP contribution is 2.14. The first-order valence-corrected chi connectivity index (χ1v) is 6.39. The maximum atomic E-state index is 12.0. The second kappa shape index (κ2) is 8.41. The number of nitrogens with zero attached hydrogens (tertiary/aromatic N) is 1. The topological polar surface area (TPSA) is 132 Å². The molecule has 0 aromatic heterocycles. The lowest BCUT2D eigenvalue weighted by atomic mass is 10.1. The van der Waals surface area contributed by atoms with Crippen molar-refractivity contribution in [1.82, 2.24) is 4.90 Å². The van der Waals surface area contributed by atoms with E-state index in [9.17, 15) is 19.2 Å². The molecule has 1 unspecified atom stereocenters. The molecular formula is C11H17NO7S. The number of hydrogen-bond donors (Lipinski definition) is 4. The number of thiol groups is 1. The third kappa shape index (κ3) is 6.41. The lowest BCUT2D eigenvalue weighted by Gasteiger charge is -2.30. The van der Waals surface area contributed by atoms with Crippen molar-refractivity contribution in [3.05, 3.63) is 0 Å². The van der Waals surface area contributed by atoms with Gasteiger partial charge in [0.25, 0.3) is 0 Å². The van der Waals surface area contributed by atoms with E-state index in [-0.39, 0.29) is 5.75 Å². The lowest BCUT2D eigenvalue weighted by Crippen LogP contribution is -2.47. The molecule has 0 spiro atoms. The highest BCUT2D eigenvalue weighted by atomic mass is 32.1. The Kier molecular flexibility index (Phi) is 7.67. The summed E-state index contributed by atoms with van der Waals surface area (Å²) in [5.41, 5.74) is 0. The number of hydrogen-bond acceptors (Lipinski definition) is 5. The Bertz CT molecular complexity index is 382. The van der Waals surface area contributed by atoms with E-state index in [1.807, 2.05) is 0 Å². The summed E-state index contributed by atoms with van der Waals surface area (Å²) in [5, 5.41) is 26.3. The molecule has 0 bridgehead atoms. The van der Waals surface area contributed by atoms with Gasteiger partial charge in [-0.3, -0.25) is 19.2 Å². The van der Waals surface area contributed by atoms with Crippen molar-refractivity contribution >= 4 is 36.4 Å². The highest BCUT2D eigenvalue weighted by molar-refractivity contribution is 7.80. The molecule has 20 heavy (non-hydrogen) atoms. The van der Waals surface area contributed by atoms with Crippen LogP contribution >= 0.6 is 12.6 Å². The van der Waals surface area contributed by atoms with Crippen molar-refractivity contribution in [1.29, 1.82) is 0 Å². The average Bonchev–Trinajstić information content (AvgIpc) is 2.31. The van der Waals surface area contributed by atoms with Crippen molar-refractivity contribution in [2.75, 3.05) is 12.3 Å². The smallest absolute Gasteiger partial charge is 0.323 e. The Morgan fingerprint density at radius 2 is 1.45 bits per heavy atom. The van der Waals surface area contributed by atoms with Gasteiger partial charge in [0.1, 0.15) is 6.54 Å². The summed E-state index contributed by atoms with van der Waals surface area (Å²) in [6.45, 7) is 0.755. The Morgan fingerprint density at radius 1 is 1.00 bits per heavy atom. The Balaban J connectivity index is 5.27. The molecule has 3 N–H and O–H groups in total. The van der Waals surface area contributed by atoms with Gasteiger partial charge in [-0.15, -0.1) is 0 Å². The van der Waals surface area contributed by atoms with Crippen LogP contribution in [0.5, 0.6) is 0 Å². The van der Waals surface area contributed by atoms with Gasteiger partial charge in [0.05, 0.1) is 18.9 Å². The molecule has 114 valence electrons. The van der Waals surface area contributed by atoms with Gasteiger partial charge in [-0.1, -0.05) is 6.92 Å². The number of rotatable bonds is 9. The van der Waals surface area contributed by atoms with Crippen molar-refractivity contribution in [3.63, 3.8) is 0 Å². The summed E-state index contributed by atoms with van der Waals surface area (Å²) in [7, 11) is 0. The molecule has 0 fully saturated rings. The van der Waals surface area contributed by atoms with Crippen LogP contribution < -0.4 is 0 Å². The Morgan fingerprint density at radius 3 is 1.75 bits per heavy atom. The molecule has 0 aliphatic heterocycles. The number of amides is 1. The number of carboxylic acid groups (broad SMARTS) is 3. The molecule has 9 heteroatoms. The number of carboxylic acids is 3. The monoisotopic (exact) mass is 307 g/mol. The van der Waals surface area contributed by atoms with Crippen LogP contribution in [-0.2, 0) is 19.2 Å². The van der Waals surface area contributed by atoms with E-state index in [4.69, 9.17) is 15.3 Å². The van der Waals surface area contributed by atoms with Crippen LogP contribution in [0.3, 0.4) is 0 Å². The minimum atomic E-state index is -1.34. The van der Waals surface area contributed by atoms with Crippen molar-refractivity contribution in [2.24, 2.45) is 5.92 Å². The van der Waals surface area contributed by atoms with Crippen LogP contribution in [0.4, 0.5) is 0 Å². The summed E-state index contributed by atoms with van der Waals surface area (Å²) in [5.74, 6) is -5.08. The van der Waals surface area contributed by atoms with Gasteiger partial charge >= 0.3 is 17.9 Å². The fraction of sp³-hybridized carbons (Fsp3) is 0.636. The molecular weight excluding hydrogens is 290 g/mol. The van der Waals surface area contributed by atoms with Gasteiger partial charge in [-0.2, -0.15) is 12.6 Å². The van der Waals surface area contributed by atoms with Gasteiger partial charge in [0.2, 0.25) is 5.91 Å². The molecule has 1 atom stereocenters. The zero-order valence-electron chi connectivity index (χ0n) is 10.9. The highest BCUT2D eigenvalue weighted by Gasteiger charge is 2.31. The summed E-state index contributed by atoms with van der Waals surface area (Å²) in [4.78, 5) is 45.1. The second-order valence-electron chi connectivity index (χ2n) is 4.29. The number of carbonyl (C=O) groups excluding carboxylic acids is 1. The third-order valence-corrected chi connectivity index (χ3v) is 3.09. The van der Waals surface area contributed by atoms with Crippen LogP contribution in [0.25, 0.3) is 0 Å². The quantitative estimate of drug-likeness (QED) is 0.433. The molecule has 0 aliphatic carbocycles. The van der Waals surface area contributed by atoms with Gasteiger partial charge in [-0.25, -0.2) is 0 Å². The molecule has 1 amide bonds. The predicted octanol–water partition coefficient (Wildman–Crippen LogP) is -0.216. The Labute approximate surface area is 120 Å². The maximum absolute atomic E-state index is 12.0. The zero-order chi connectivity index (χ0) is 15.9. The average molecular weight is 307 g/mol. The number of aliphatic carboxylic acids is 3. The molecule has 0 radical (unpaired) electrons. The second-order valence-corrected chi connectivity index (χ2v) is 4.66. The molecule has 0 saturated heterocycles. The normalized spacial score (nSPS) is 11.9. The van der Waals surface area contributed by atoms with Gasteiger partial charge in [0, 0.05) is 11.7 Å². The van der Waals surface area contributed by atoms with E-state index in [0.717, 1.165) is 4.90 Å². The molecule has 0 saturated carbocycles. The van der Waals surface area contributed by atoms with E-state index in [1.54, 1.807) is 0 Å². The van der Waals surface area contributed by atoms with Crippen molar-refractivity contribution < 1.29 is 34.5 Å². The van der Waals surface area contributed by atoms with E-state index in [0.29, 0.717) is 0 Å². The largest absolute Gasteiger partial charge is 0.481 e. The zero-order valence-corrected chi connectivity index (χ0v) is 11.7. The molecule has 0 aromatic carbocycles. The van der Waals surface area contributed by atoms with Crippen LogP contribution in [0, 0.1) is 5.92 Å². The predicted molar refractivity (Wildman–Crippen MR) is 70.7 cm³/mol. The minimum absolute atomic E-state index is 0.141. The van der Waals surface area contributed by atoms with Crippen molar-refractivity contribution in [2.45, 2.75) is 25.8 Å². The molecule has 0 aliphatic rings. The van der Waals surface area contributed by atoms with Gasteiger partial charge in [-0.05, 0) is 0 Å².